The molecule has 2 aliphatic heterocycles. The SMILES string of the molecule is COc1cc2c(cc1OCc1cc(F)c(F)c(F)c1)C1Cc3c(n(CO)c4ccccc34)CN1CC2. The van der Waals surface area contributed by atoms with Gasteiger partial charge in [-0.2, -0.15) is 0 Å². The predicted octanol–water partition coefficient (Wildman–Crippen LogP) is 5.25. The van der Waals surface area contributed by atoms with E-state index in [1.807, 2.05) is 34.9 Å². The summed E-state index contributed by atoms with van der Waals surface area (Å²) in [5.74, 6) is -2.99. The molecule has 1 aromatic heterocycles. The highest BCUT2D eigenvalue weighted by atomic mass is 19.2. The topological polar surface area (TPSA) is 46.9 Å². The molecule has 1 N–H and O–H groups in total. The van der Waals surface area contributed by atoms with Gasteiger partial charge in [0.2, 0.25) is 0 Å². The number of ether oxygens (including phenoxy) is 2. The monoisotopic (exact) mass is 494 g/mol. The molecule has 3 heterocycles. The van der Waals surface area contributed by atoms with Gasteiger partial charge in [0.25, 0.3) is 0 Å². The Balaban J connectivity index is 1.35. The van der Waals surface area contributed by atoms with Gasteiger partial charge in [-0.05, 0) is 65.4 Å². The third-order valence-corrected chi connectivity index (χ3v) is 7.42. The highest BCUT2D eigenvalue weighted by molar-refractivity contribution is 5.86. The van der Waals surface area contributed by atoms with Gasteiger partial charge in [-0.15, -0.1) is 0 Å². The number of aliphatic hydroxyl groups is 1. The molecule has 8 heteroatoms. The van der Waals surface area contributed by atoms with E-state index in [1.54, 1.807) is 7.11 Å². The van der Waals surface area contributed by atoms with Crippen LogP contribution >= 0.6 is 0 Å². The average Bonchev–Trinajstić information content (AvgIpc) is 3.21. The van der Waals surface area contributed by atoms with Crippen molar-refractivity contribution in [2.45, 2.75) is 38.8 Å². The second-order valence-corrected chi connectivity index (χ2v) is 9.32. The molecule has 6 rings (SSSR count). The van der Waals surface area contributed by atoms with E-state index in [0.29, 0.717) is 11.5 Å². The van der Waals surface area contributed by atoms with Crippen LogP contribution in [-0.4, -0.2) is 28.2 Å². The number of hydrogen-bond acceptors (Lipinski definition) is 4. The summed E-state index contributed by atoms with van der Waals surface area (Å²) in [5, 5.41) is 11.2. The molecule has 3 aromatic carbocycles. The van der Waals surface area contributed by atoms with E-state index >= 15 is 0 Å². The molecule has 0 spiro atoms. The minimum Gasteiger partial charge on any atom is -0.493 e. The van der Waals surface area contributed by atoms with Crippen molar-refractivity contribution >= 4 is 10.9 Å². The van der Waals surface area contributed by atoms with Crippen LogP contribution in [0.5, 0.6) is 11.5 Å². The summed E-state index contributed by atoms with van der Waals surface area (Å²) < 4.78 is 54.1. The van der Waals surface area contributed by atoms with Gasteiger partial charge >= 0.3 is 0 Å². The molecule has 0 bridgehead atoms. The maximum Gasteiger partial charge on any atom is 0.194 e. The van der Waals surface area contributed by atoms with Crippen molar-refractivity contribution in [2.24, 2.45) is 0 Å². The number of aliphatic hydroxyl groups excluding tert-OH is 1. The Morgan fingerprint density at radius 1 is 1.03 bits per heavy atom. The third-order valence-electron chi connectivity index (χ3n) is 7.42. The Morgan fingerprint density at radius 2 is 1.81 bits per heavy atom. The van der Waals surface area contributed by atoms with Gasteiger partial charge in [0.1, 0.15) is 13.3 Å². The van der Waals surface area contributed by atoms with E-state index in [4.69, 9.17) is 9.47 Å². The Hall–Kier alpha value is -3.49. The van der Waals surface area contributed by atoms with E-state index in [9.17, 15) is 18.3 Å². The number of benzene rings is 3. The number of methoxy groups -OCH3 is 1. The molecule has 2 aliphatic rings. The number of fused-ring (bicyclic) bond motifs is 6. The lowest BCUT2D eigenvalue weighted by Crippen LogP contribution is -2.39. The zero-order valence-corrected chi connectivity index (χ0v) is 19.7. The van der Waals surface area contributed by atoms with E-state index in [2.05, 4.69) is 11.0 Å². The van der Waals surface area contributed by atoms with Gasteiger partial charge in [-0.3, -0.25) is 4.90 Å². The first kappa shape index (κ1) is 22.9. The molecule has 36 heavy (non-hydrogen) atoms. The summed E-state index contributed by atoms with van der Waals surface area (Å²) in [5.41, 5.74) is 5.90. The molecule has 0 aliphatic carbocycles. The van der Waals surface area contributed by atoms with Gasteiger partial charge < -0.3 is 19.1 Å². The molecule has 1 unspecified atom stereocenters. The van der Waals surface area contributed by atoms with Crippen molar-refractivity contribution in [3.8, 4) is 11.5 Å². The van der Waals surface area contributed by atoms with Crippen LogP contribution in [0.25, 0.3) is 10.9 Å². The lowest BCUT2D eigenvalue weighted by molar-refractivity contribution is 0.145. The minimum absolute atomic E-state index is 0.0648. The van der Waals surface area contributed by atoms with E-state index in [1.165, 1.54) is 11.1 Å². The van der Waals surface area contributed by atoms with Gasteiger partial charge in [0.15, 0.2) is 29.0 Å². The molecular weight excluding hydrogens is 469 g/mol. The number of hydrogen-bond donors (Lipinski definition) is 1. The summed E-state index contributed by atoms with van der Waals surface area (Å²) >= 11 is 0. The van der Waals surface area contributed by atoms with Crippen LogP contribution in [0.4, 0.5) is 13.2 Å². The molecule has 0 saturated carbocycles. The number of aromatic nitrogens is 1. The van der Waals surface area contributed by atoms with Crippen molar-refractivity contribution < 1.29 is 27.8 Å². The van der Waals surface area contributed by atoms with E-state index in [-0.39, 0.29) is 24.9 Å². The zero-order chi connectivity index (χ0) is 25.0. The predicted molar refractivity (Wildman–Crippen MR) is 128 cm³/mol. The van der Waals surface area contributed by atoms with Gasteiger partial charge in [-0.25, -0.2) is 13.2 Å². The fourth-order valence-electron chi connectivity index (χ4n) is 5.70. The first-order chi connectivity index (χ1) is 17.5. The second kappa shape index (κ2) is 8.87. The number of nitrogens with zero attached hydrogens (tertiary/aromatic N) is 2. The molecular formula is C28H25F3N2O3. The van der Waals surface area contributed by atoms with Crippen LogP contribution < -0.4 is 9.47 Å². The first-order valence-corrected chi connectivity index (χ1v) is 11.9. The summed E-state index contributed by atoms with van der Waals surface area (Å²) in [4.78, 5) is 2.41. The molecule has 0 fully saturated rings. The Kier molecular flexibility index (Phi) is 5.65. The minimum atomic E-state index is -1.50. The lowest BCUT2D eigenvalue weighted by atomic mass is 9.85. The molecule has 5 nitrogen and oxygen atoms in total. The fraction of sp³-hybridized carbons (Fsp3) is 0.286. The maximum atomic E-state index is 13.7. The lowest BCUT2D eigenvalue weighted by Gasteiger charge is -2.41. The standard InChI is InChI=1S/C28H25F3N2O3/c1-35-26-10-17-6-7-32-13-25-20(18-4-2-3-5-23(18)33(25)15-34)11-24(32)19(17)12-27(26)36-14-16-8-21(29)28(31)22(30)9-16/h2-5,8-10,12,24,34H,6-7,11,13-15H2,1H3. The normalized spacial score (nSPS) is 17.0. The van der Waals surface area contributed by atoms with E-state index in [0.717, 1.165) is 60.2 Å². The summed E-state index contributed by atoms with van der Waals surface area (Å²) in [6.45, 7) is 1.41. The average molecular weight is 495 g/mol. The molecule has 0 amide bonds. The van der Waals surface area contributed by atoms with Crippen molar-refractivity contribution in [2.75, 3.05) is 13.7 Å². The van der Waals surface area contributed by atoms with Crippen LogP contribution in [-0.2, 0) is 32.7 Å². The first-order valence-electron chi connectivity index (χ1n) is 11.9. The van der Waals surface area contributed by atoms with Crippen molar-refractivity contribution in [1.82, 2.24) is 9.47 Å². The van der Waals surface area contributed by atoms with E-state index < -0.39 is 17.5 Å². The van der Waals surface area contributed by atoms with Crippen molar-refractivity contribution in [3.05, 3.63) is 93.9 Å². The van der Waals surface area contributed by atoms with Crippen LogP contribution in [0, 0.1) is 17.5 Å². The largest absolute Gasteiger partial charge is 0.493 e. The molecule has 0 radical (unpaired) electrons. The van der Waals surface area contributed by atoms with Crippen molar-refractivity contribution in [1.29, 1.82) is 0 Å². The molecule has 0 saturated heterocycles. The van der Waals surface area contributed by atoms with Crippen LogP contribution in [0.15, 0.2) is 48.5 Å². The van der Waals surface area contributed by atoms with Gasteiger partial charge in [-0.1, -0.05) is 18.2 Å². The molecule has 186 valence electrons. The summed E-state index contributed by atoms with van der Waals surface area (Å²) in [6, 6.07) is 14.1. The Labute approximate surface area is 206 Å². The smallest absolute Gasteiger partial charge is 0.194 e. The Bertz CT molecular complexity index is 1460. The third kappa shape index (κ3) is 3.63. The highest BCUT2D eigenvalue weighted by Gasteiger charge is 2.35. The highest BCUT2D eigenvalue weighted by Crippen LogP contribution is 2.44. The maximum absolute atomic E-state index is 13.7. The van der Waals surface area contributed by atoms with Gasteiger partial charge in [0, 0.05) is 30.2 Å². The summed E-state index contributed by atoms with van der Waals surface area (Å²) in [6.07, 6.45) is 1.63. The van der Waals surface area contributed by atoms with Crippen LogP contribution in [0.2, 0.25) is 0 Å². The zero-order valence-electron chi connectivity index (χ0n) is 19.7. The number of rotatable bonds is 5. The Morgan fingerprint density at radius 3 is 2.56 bits per heavy atom. The second-order valence-electron chi connectivity index (χ2n) is 9.32. The van der Waals surface area contributed by atoms with Crippen LogP contribution in [0.3, 0.4) is 0 Å². The quantitative estimate of drug-likeness (QED) is 0.385. The van der Waals surface area contributed by atoms with Crippen molar-refractivity contribution in [3.63, 3.8) is 0 Å². The number of halogens is 3. The fourth-order valence-corrected chi connectivity index (χ4v) is 5.70. The van der Waals surface area contributed by atoms with Gasteiger partial charge in [0.05, 0.1) is 12.6 Å². The summed E-state index contributed by atoms with van der Waals surface area (Å²) in [7, 11) is 1.55. The van der Waals surface area contributed by atoms with Crippen LogP contribution in [0.1, 0.15) is 34.0 Å². The molecule has 1 atom stereocenters. The number of para-hydroxylation sites is 1. The molecule has 4 aromatic rings.